The van der Waals surface area contributed by atoms with Crippen LogP contribution in [0.3, 0.4) is 0 Å². The van der Waals surface area contributed by atoms with Crippen LogP contribution >= 0.6 is 27.5 Å². The number of halogens is 2. The van der Waals surface area contributed by atoms with Gasteiger partial charge in [0.1, 0.15) is 5.56 Å². The van der Waals surface area contributed by atoms with E-state index in [1.54, 1.807) is 24.3 Å². The van der Waals surface area contributed by atoms with Crippen LogP contribution in [0.1, 0.15) is 10.4 Å². The van der Waals surface area contributed by atoms with Crippen LogP contribution in [0.25, 0.3) is 0 Å². The summed E-state index contributed by atoms with van der Waals surface area (Å²) >= 11 is 9.09. The van der Waals surface area contributed by atoms with Crippen LogP contribution in [-0.2, 0) is 0 Å². The minimum Gasteiger partial charge on any atom is -0.322 e. The third kappa shape index (κ3) is 3.15. The first-order valence-corrected chi connectivity index (χ1v) is 6.66. The minimum atomic E-state index is -0.591. The second-order valence-electron chi connectivity index (χ2n) is 3.86. The number of hydrogen-bond acceptors (Lipinski definition) is 3. The van der Waals surface area contributed by atoms with E-state index in [0.717, 1.165) is 0 Å². The van der Waals surface area contributed by atoms with Gasteiger partial charge in [0.05, 0.1) is 9.95 Å². The monoisotopic (exact) mass is 354 g/mol. The second kappa shape index (κ2) is 6.02. The Hall–Kier alpha value is -1.92. The molecule has 1 N–H and O–H groups in total. The van der Waals surface area contributed by atoms with Crippen molar-refractivity contribution >= 4 is 44.8 Å². The molecule has 102 valence electrons. The van der Waals surface area contributed by atoms with Crippen molar-refractivity contribution in [1.82, 2.24) is 0 Å². The first-order chi connectivity index (χ1) is 9.49. The molecule has 0 saturated carbocycles. The molecular weight excluding hydrogens is 348 g/mol. The van der Waals surface area contributed by atoms with Crippen molar-refractivity contribution in [2.24, 2.45) is 0 Å². The standard InChI is InChI=1S/C13H8BrClN2O3/c14-10-7-8(5-6-11(10)15)16-13(18)9-3-1-2-4-12(9)17(19)20/h1-7H,(H,16,18). The third-order valence-electron chi connectivity index (χ3n) is 2.52. The maximum absolute atomic E-state index is 12.1. The van der Waals surface area contributed by atoms with E-state index in [1.807, 2.05) is 0 Å². The lowest BCUT2D eigenvalue weighted by Crippen LogP contribution is -2.13. The summed E-state index contributed by atoms with van der Waals surface area (Å²) in [4.78, 5) is 22.4. The summed E-state index contributed by atoms with van der Waals surface area (Å²) in [5.41, 5.74) is 0.256. The molecular formula is C13H8BrClN2O3. The number of nitro groups is 1. The molecule has 5 nitrogen and oxygen atoms in total. The highest BCUT2D eigenvalue weighted by molar-refractivity contribution is 9.10. The van der Waals surface area contributed by atoms with Crippen molar-refractivity contribution < 1.29 is 9.72 Å². The SMILES string of the molecule is O=C(Nc1ccc(Cl)c(Br)c1)c1ccccc1[N+](=O)[O-]. The molecule has 0 aliphatic carbocycles. The number of nitrogens with zero attached hydrogens (tertiary/aromatic N) is 1. The predicted octanol–water partition coefficient (Wildman–Crippen LogP) is 4.26. The molecule has 2 rings (SSSR count). The minimum absolute atomic E-state index is 0.00331. The summed E-state index contributed by atoms with van der Waals surface area (Å²) in [5.74, 6) is -0.550. The Morgan fingerprint density at radius 1 is 1.25 bits per heavy atom. The number of amides is 1. The van der Waals surface area contributed by atoms with Gasteiger partial charge >= 0.3 is 0 Å². The summed E-state index contributed by atoms with van der Waals surface area (Å²) in [7, 11) is 0. The molecule has 0 bridgehead atoms. The number of hydrogen-bond donors (Lipinski definition) is 1. The van der Waals surface area contributed by atoms with Gasteiger partial charge in [0.15, 0.2) is 0 Å². The summed E-state index contributed by atoms with van der Waals surface area (Å²) in [6, 6.07) is 10.6. The van der Waals surface area contributed by atoms with Crippen LogP contribution in [0.4, 0.5) is 11.4 Å². The van der Waals surface area contributed by atoms with Crippen molar-refractivity contribution in [2.75, 3.05) is 5.32 Å². The summed E-state index contributed by atoms with van der Waals surface area (Å²) in [5, 5.41) is 14.0. The maximum Gasteiger partial charge on any atom is 0.282 e. The first-order valence-electron chi connectivity index (χ1n) is 5.49. The molecule has 2 aromatic rings. The quantitative estimate of drug-likeness (QED) is 0.660. The fraction of sp³-hybridized carbons (Fsp3) is 0. The predicted molar refractivity (Wildman–Crippen MR) is 80.2 cm³/mol. The number of nitro benzene ring substituents is 1. The number of carbonyl (C=O) groups is 1. The van der Waals surface area contributed by atoms with Gasteiger partial charge in [0.25, 0.3) is 11.6 Å². The fourth-order valence-electron chi connectivity index (χ4n) is 1.60. The highest BCUT2D eigenvalue weighted by Gasteiger charge is 2.19. The lowest BCUT2D eigenvalue weighted by Gasteiger charge is -2.06. The number of benzene rings is 2. The zero-order valence-electron chi connectivity index (χ0n) is 9.97. The number of anilines is 1. The van der Waals surface area contributed by atoms with Crippen LogP contribution in [0, 0.1) is 10.1 Å². The van der Waals surface area contributed by atoms with Crippen LogP contribution in [0.2, 0.25) is 5.02 Å². The van der Waals surface area contributed by atoms with Gasteiger partial charge in [-0.2, -0.15) is 0 Å². The van der Waals surface area contributed by atoms with Crippen molar-refractivity contribution in [1.29, 1.82) is 0 Å². The van der Waals surface area contributed by atoms with Gasteiger partial charge in [-0.25, -0.2) is 0 Å². The Labute approximate surface area is 127 Å². The topological polar surface area (TPSA) is 72.2 Å². The van der Waals surface area contributed by atoms with Crippen LogP contribution in [-0.4, -0.2) is 10.8 Å². The number of rotatable bonds is 3. The highest BCUT2D eigenvalue weighted by atomic mass is 79.9. The first kappa shape index (κ1) is 14.5. The summed E-state index contributed by atoms with van der Waals surface area (Å²) in [6.07, 6.45) is 0. The van der Waals surface area contributed by atoms with Gasteiger partial charge in [0.2, 0.25) is 0 Å². The summed E-state index contributed by atoms with van der Waals surface area (Å²) in [6.45, 7) is 0. The van der Waals surface area contributed by atoms with E-state index in [-0.39, 0.29) is 11.3 Å². The molecule has 0 atom stereocenters. The molecule has 0 unspecified atom stereocenters. The molecule has 2 aromatic carbocycles. The van der Waals surface area contributed by atoms with Gasteiger partial charge in [-0.05, 0) is 40.2 Å². The van der Waals surface area contributed by atoms with E-state index < -0.39 is 10.8 Å². The average Bonchev–Trinajstić information content (AvgIpc) is 2.43. The molecule has 1 amide bonds. The molecule has 0 heterocycles. The highest BCUT2D eigenvalue weighted by Crippen LogP contribution is 2.26. The normalized spacial score (nSPS) is 10.1. The van der Waals surface area contributed by atoms with E-state index in [4.69, 9.17) is 11.6 Å². The maximum atomic E-state index is 12.1. The smallest absolute Gasteiger partial charge is 0.282 e. The van der Waals surface area contributed by atoms with Crippen molar-refractivity contribution in [2.45, 2.75) is 0 Å². The molecule has 0 aliphatic rings. The van der Waals surface area contributed by atoms with E-state index in [0.29, 0.717) is 15.2 Å². The lowest BCUT2D eigenvalue weighted by molar-refractivity contribution is -0.385. The molecule has 20 heavy (non-hydrogen) atoms. The van der Waals surface area contributed by atoms with E-state index in [1.165, 1.54) is 18.2 Å². The van der Waals surface area contributed by atoms with Gasteiger partial charge in [-0.15, -0.1) is 0 Å². The van der Waals surface area contributed by atoms with Gasteiger partial charge in [-0.1, -0.05) is 23.7 Å². The lowest BCUT2D eigenvalue weighted by atomic mass is 10.1. The molecule has 7 heteroatoms. The molecule has 0 saturated heterocycles. The number of para-hydroxylation sites is 1. The molecule has 0 fully saturated rings. The Kier molecular flexibility index (Phi) is 4.36. The molecule has 0 spiro atoms. The zero-order valence-corrected chi connectivity index (χ0v) is 12.3. The van der Waals surface area contributed by atoms with E-state index >= 15 is 0 Å². The Balaban J connectivity index is 2.28. The third-order valence-corrected chi connectivity index (χ3v) is 3.74. The Bertz CT molecular complexity index is 691. The Morgan fingerprint density at radius 2 is 1.95 bits per heavy atom. The van der Waals surface area contributed by atoms with Gasteiger partial charge < -0.3 is 5.32 Å². The fourth-order valence-corrected chi connectivity index (χ4v) is 2.09. The molecule has 0 aromatic heterocycles. The Morgan fingerprint density at radius 3 is 2.60 bits per heavy atom. The van der Waals surface area contributed by atoms with Crippen molar-refractivity contribution in [3.63, 3.8) is 0 Å². The van der Waals surface area contributed by atoms with Crippen LogP contribution in [0.15, 0.2) is 46.9 Å². The van der Waals surface area contributed by atoms with Gasteiger partial charge in [0, 0.05) is 16.2 Å². The summed E-state index contributed by atoms with van der Waals surface area (Å²) < 4.78 is 0.625. The van der Waals surface area contributed by atoms with Crippen molar-refractivity contribution in [3.05, 3.63) is 67.6 Å². The number of nitrogens with one attached hydrogen (secondary N) is 1. The van der Waals surface area contributed by atoms with Gasteiger partial charge in [-0.3, -0.25) is 14.9 Å². The molecule has 0 aliphatic heterocycles. The molecule has 0 radical (unpaired) electrons. The van der Waals surface area contributed by atoms with E-state index in [9.17, 15) is 14.9 Å². The average molecular weight is 356 g/mol. The van der Waals surface area contributed by atoms with Crippen LogP contribution < -0.4 is 5.32 Å². The van der Waals surface area contributed by atoms with Crippen molar-refractivity contribution in [3.8, 4) is 0 Å². The largest absolute Gasteiger partial charge is 0.322 e. The van der Waals surface area contributed by atoms with Crippen LogP contribution in [0.5, 0.6) is 0 Å². The number of carbonyl (C=O) groups excluding carboxylic acids is 1. The van der Waals surface area contributed by atoms with E-state index in [2.05, 4.69) is 21.2 Å². The second-order valence-corrected chi connectivity index (χ2v) is 5.12. The zero-order chi connectivity index (χ0) is 14.7.